The number of rotatable bonds is 10. The minimum Gasteiger partial charge on any atom is -0.469 e. The van der Waals surface area contributed by atoms with Gasteiger partial charge in [-0.2, -0.15) is 31.4 Å². The van der Waals surface area contributed by atoms with Gasteiger partial charge in [0, 0.05) is 61.4 Å². The molecule has 4 rings (SSSR count). The van der Waals surface area contributed by atoms with E-state index in [1.165, 1.54) is 19.5 Å². The smallest absolute Gasteiger partial charge is 0.416 e. The van der Waals surface area contributed by atoms with Crippen LogP contribution in [0.15, 0.2) is 43.0 Å². The van der Waals surface area contributed by atoms with Crippen molar-refractivity contribution in [1.29, 1.82) is 0 Å². The third-order valence-electron chi connectivity index (χ3n) is 8.70. The third-order valence-corrected chi connectivity index (χ3v) is 8.70. The predicted octanol–water partition coefficient (Wildman–Crippen LogP) is 7.28. The van der Waals surface area contributed by atoms with E-state index >= 15 is 0 Å². The van der Waals surface area contributed by atoms with E-state index < -0.39 is 59.1 Å². The molecule has 0 N–H and O–H groups in total. The number of carbonyl (C=O) groups excluding carboxylic acids is 2. The number of amides is 1. The number of anilines is 1. The molecular weight excluding hydrogens is 658 g/mol. The lowest BCUT2D eigenvalue weighted by molar-refractivity contribution is -0.153. The molecule has 1 aliphatic rings. The molecule has 3 heterocycles. The zero-order valence-electron chi connectivity index (χ0n) is 28.1. The molecule has 0 spiro atoms. The van der Waals surface area contributed by atoms with Gasteiger partial charge in [-0.25, -0.2) is 14.8 Å². The lowest BCUT2D eigenvalue weighted by Gasteiger charge is -2.47. The number of likely N-dealkylation sites (tertiary alicyclic amines) is 1. The maximum atomic E-state index is 13.8. The fourth-order valence-corrected chi connectivity index (χ4v) is 6.04. The first-order valence-corrected chi connectivity index (χ1v) is 15.8. The van der Waals surface area contributed by atoms with Crippen molar-refractivity contribution in [3.63, 3.8) is 0 Å². The van der Waals surface area contributed by atoms with Gasteiger partial charge in [-0.3, -0.25) is 9.48 Å². The lowest BCUT2D eigenvalue weighted by Crippen LogP contribution is -2.57. The zero-order chi connectivity index (χ0) is 36.3. The van der Waals surface area contributed by atoms with Crippen molar-refractivity contribution in [2.75, 3.05) is 18.6 Å². The number of benzene rings is 1. The van der Waals surface area contributed by atoms with Crippen LogP contribution in [0, 0.1) is 5.41 Å². The van der Waals surface area contributed by atoms with Crippen LogP contribution in [0.5, 0.6) is 0 Å². The predicted molar refractivity (Wildman–Crippen MR) is 167 cm³/mol. The molecular formula is C33H40F6N6O4. The Kier molecular flexibility index (Phi) is 11.2. The van der Waals surface area contributed by atoms with Crippen molar-refractivity contribution in [2.45, 2.75) is 90.4 Å². The maximum Gasteiger partial charge on any atom is 0.416 e. The highest BCUT2D eigenvalue weighted by atomic mass is 19.4. The molecule has 49 heavy (non-hydrogen) atoms. The van der Waals surface area contributed by atoms with Crippen molar-refractivity contribution in [1.82, 2.24) is 24.6 Å². The molecule has 0 radical (unpaired) electrons. The fraction of sp³-hybridized carbons (Fsp3) is 0.545. The Hall–Kier alpha value is -4.37. The Labute approximate surface area is 280 Å². The summed E-state index contributed by atoms with van der Waals surface area (Å²) in [6.45, 7) is 6.31. The molecule has 1 aromatic carbocycles. The largest absolute Gasteiger partial charge is 0.469 e. The van der Waals surface area contributed by atoms with Crippen LogP contribution in [-0.2, 0) is 40.2 Å². The van der Waals surface area contributed by atoms with E-state index in [0.717, 1.165) is 0 Å². The van der Waals surface area contributed by atoms with Crippen LogP contribution in [0.4, 0.5) is 37.1 Å². The molecule has 0 unspecified atom stereocenters. The monoisotopic (exact) mass is 698 g/mol. The first-order chi connectivity index (χ1) is 22.9. The lowest BCUT2D eigenvalue weighted by atomic mass is 9.87. The molecule has 3 aromatic rings. The summed E-state index contributed by atoms with van der Waals surface area (Å²) in [5, 5.41) is 4.13. The summed E-state index contributed by atoms with van der Waals surface area (Å²) < 4.78 is 94.7. The number of hydrogen-bond acceptors (Lipinski definition) is 8. The van der Waals surface area contributed by atoms with E-state index in [2.05, 4.69) is 15.1 Å². The number of nitrogens with zero attached hydrogens (tertiary/aromatic N) is 6. The highest BCUT2D eigenvalue weighted by Gasteiger charge is 2.42. The second kappa shape index (κ2) is 14.6. The van der Waals surface area contributed by atoms with Crippen LogP contribution in [0.25, 0.3) is 11.1 Å². The van der Waals surface area contributed by atoms with Gasteiger partial charge in [0.15, 0.2) is 0 Å². The minimum atomic E-state index is -5.02. The van der Waals surface area contributed by atoms with E-state index in [4.69, 9.17) is 9.47 Å². The van der Waals surface area contributed by atoms with E-state index in [1.807, 2.05) is 13.8 Å². The Balaban J connectivity index is 1.72. The van der Waals surface area contributed by atoms with Crippen LogP contribution in [0.2, 0.25) is 0 Å². The number of alkyl halides is 6. The van der Waals surface area contributed by atoms with Crippen LogP contribution in [-0.4, -0.2) is 68.6 Å². The number of hydrogen-bond donors (Lipinski definition) is 0. The molecule has 3 atom stereocenters. The number of aryl methyl sites for hydroxylation is 1. The van der Waals surface area contributed by atoms with Gasteiger partial charge >= 0.3 is 24.4 Å². The van der Waals surface area contributed by atoms with Crippen molar-refractivity contribution in [2.24, 2.45) is 12.5 Å². The van der Waals surface area contributed by atoms with Crippen molar-refractivity contribution in [3.8, 4) is 11.1 Å². The van der Waals surface area contributed by atoms with Gasteiger partial charge in [0.05, 0.1) is 29.8 Å². The first kappa shape index (κ1) is 37.4. The number of esters is 1. The average molecular weight is 699 g/mol. The second-order valence-corrected chi connectivity index (χ2v) is 12.8. The standard InChI is InChI=1S/C33H40F6N6O4/c1-7-25-12-27(13-26(8-2)45(25)30(47)49-19-31(3,4)28(46)48-6)44(29-40-14-21(15-41-29)22-16-42-43(5)18-22)17-20-9-23(32(34,35)36)11-24(10-20)33(37,38)39/h9-11,14-16,18,25-27H,7-8,12-13,17,19H2,1-6H3/t25-,26+,27+. The van der Waals surface area contributed by atoms with E-state index in [0.29, 0.717) is 48.9 Å². The van der Waals surface area contributed by atoms with Crippen LogP contribution in [0.3, 0.4) is 0 Å². The molecule has 1 saturated heterocycles. The van der Waals surface area contributed by atoms with Crippen LogP contribution >= 0.6 is 0 Å². The van der Waals surface area contributed by atoms with Gasteiger partial charge in [0.2, 0.25) is 5.95 Å². The van der Waals surface area contributed by atoms with Crippen LogP contribution < -0.4 is 4.90 Å². The Morgan fingerprint density at radius 1 is 0.898 bits per heavy atom. The number of ether oxygens (including phenoxy) is 2. The molecule has 1 fully saturated rings. The van der Waals surface area contributed by atoms with Gasteiger partial charge in [-0.05, 0) is 63.3 Å². The molecule has 268 valence electrons. The molecule has 1 amide bonds. The Morgan fingerprint density at radius 2 is 1.45 bits per heavy atom. The average Bonchev–Trinajstić information content (AvgIpc) is 3.50. The topological polar surface area (TPSA) is 103 Å². The highest BCUT2D eigenvalue weighted by molar-refractivity contribution is 5.76. The molecule has 0 saturated carbocycles. The van der Waals surface area contributed by atoms with E-state index in [-0.39, 0.29) is 30.7 Å². The third kappa shape index (κ3) is 8.81. The number of halogens is 6. The molecule has 1 aliphatic heterocycles. The summed E-state index contributed by atoms with van der Waals surface area (Å²) in [6.07, 6.45) is -2.75. The van der Waals surface area contributed by atoms with Gasteiger partial charge < -0.3 is 19.3 Å². The molecule has 0 aliphatic carbocycles. The molecule has 0 bridgehead atoms. The summed E-state index contributed by atoms with van der Waals surface area (Å²) in [7, 11) is 2.98. The molecule has 16 heteroatoms. The second-order valence-electron chi connectivity index (χ2n) is 12.8. The SMILES string of the molecule is CC[C@@H]1C[C@H](N(Cc2cc(C(F)(F)F)cc(C(F)(F)F)c2)c2ncc(-c3cnn(C)c3)cn2)C[C@H](CC)N1C(=O)OCC(C)(C)C(=O)OC. The fourth-order valence-electron chi connectivity index (χ4n) is 6.04. The Bertz CT molecular complexity index is 1560. The number of carbonyl (C=O) groups is 2. The van der Waals surface area contributed by atoms with Crippen LogP contribution in [0.1, 0.15) is 70.1 Å². The van der Waals surface area contributed by atoms with Gasteiger partial charge in [0.25, 0.3) is 0 Å². The summed E-state index contributed by atoms with van der Waals surface area (Å²) in [6, 6.07) is 0.188. The summed E-state index contributed by atoms with van der Waals surface area (Å²) in [5.41, 5.74) is -2.84. The summed E-state index contributed by atoms with van der Waals surface area (Å²) in [5.74, 6) is -0.448. The number of aromatic nitrogens is 4. The molecule has 10 nitrogen and oxygen atoms in total. The van der Waals surface area contributed by atoms with E-state index in [9.17, 15) is 35.9 Å². The van der Waals surface area contributed by atoms with Crippen molar-refractivity contribution < 1.29 is 45.4 Å². The first-order valence-electron chi connectivity index (χ1n) is 15.8. The van der Waals surface area contributed by atoms with Crippen molar-refractivity contribution >= 4 is 18.0 Å². The normalized spacial score (nSPS) is 18.7. The number of piperidine rings is 1. The maximum absolute atomic E-state index is 13.8. The van der Waals surface area contributed by atoms with Gasteiger partial charge in [-0.1, -0.05) is 13.8 Å². The van der Waals surface area contributed by atoms with Crippen molar-refractivity contribution in [3.05, 3.63) is 59.7 Å². The molecule has 2 aromatic heterocycles. The quantitative estimate of drug-likeness (QED) is 0.161. The zero-order valence-corrected chi connectivity index (χ0v) is 28.1. The highest BCUT2D eigenvalue weighted by Crippen LogP contribution is 2.38. The van der Waals surface area contributed by atoms with Gasteiger partial charge in [0.1, 0.15) is 6.61 Å². The van der Waals surface area contributed by atoms with E-state index in [1.54, 1.807) is 47.8 Å². The Morgan fingerprint density at radius 3 is 1.90 bits per heavy atom. The summed E-state index contributed by atoms with van der Waals surface area (Å²) in [4.78, 5) is 37.8. The number of methoxy groups -OCH3 is 1. The summed E-state index contributed by atoms with van der Waals surface area (Å²) >= 11 is 0. The minimum absolute atomic E-state index is 0.0961. The van der Waals surface area contributed by atoms with Gasteiger partial charge in [-0.15, -0.1) is 0 Å².